The van der Waals surface area contributed by atoms with Crippen LogP contribution in [0.2, 0.25) is 0 Å². The number of sulfonamides is 1. The van der Waals surface area contributed by atoms with Gasteiger partial charge in [0.05, 0.1) is 42.1 Å². The van der Waals surface area contributed by atoms with E-state index in [0.717, 1.165) is 14.3 Å². The van der Waals surface area contributed by atoms with Crippen LogP contribution in [0.1, 0.15) is 12.5 Å². The molecule has 0 unspecified atom stereocenters. The molecule has 1 N–H and O–H groups in total. The van der Waals surface area contributed by atoms with Crippen molar-refractivity contribution in [1.29, 1.82) is 0 Å². The Morgan fingerprint density at radius 3 is 2.17 bits per heavy atom. The number of rotatable bonds is 10. The molecule has 3 aromatic carbocycles. The number of carbonyl (C=O) groups is 1. The summed E-state index contributed by atoms with van der Waals surface area (Å²) in [5.74, 6) is 0.682. The second-order valence-electron chi connectivity index (χ2n) is 7.45. The number of ether oxygens (including phenoxy) is 3. The van der Waals surface area contributed by atoms with Crippen LogP contribution in [0.15, 0.2) is 81.2 Å². The maximum atomic E-state index is 13.6. The molecule has 0 spiro atoms. The molecule has 11 heteroatoms. The zero-order valence-corrected chi connectivity index (χ0v) is 22.6. The zero-order valence-electron chi connectivity index (χ0n) is 20.2. The van der Waals surface area contributed by atoms with Crippen LogP contribution < -0.4 is 23.9 Å². The lowest BCUT2D eigenvalue weighted by molar-refractivity contribution is -0.119. The molecule has 0 aliphatic heterocycles. The Morgan fingerprint density at radius 1 is 0.917 bits per heavy atom. The van der Waals surface area contributed by atoms with Crippen LogP contribution in [0.3, 0.4) is 0 Å². The van der Waals surface area contributed by atoms with Crippen LogP contribution in [0.5, 0.6) is 17.2 Å². The molecule has 9 nitrogen and oxygen atoms in total. The first-order valence-electron chi connectivity index (χ1n) is 10.7. The molecular weight excluding hydrogens is 550 g/mol. The van der Waals surface area contributed by atoms with E-state index in [4.69, 9.17) is 14.2 Å². The van der Waals surface area contributed by atoms with Gasteiger partial charge in [0.15, 0.2) is 11.5 Å². The Kier molecular flexibility index (Phi) is 8.94. The number of para-hydroxylation sites is 1. The topological polar surface area (TPSA) is 107 Å². The maximum Gasteiger partial charge on any atom is 0.264 e. The van der Waals surface area contributed by atoms with E-state index in [9.17, 15) is 13.2 Å². The van der Waals surface area contributed by atoms with Gasteiger partial charge in [-0.25, -0.2) is 13.8 Å². The van der Waals surface area contributed by atoms with Crippen LogP contribution in [0.4, 0.5) is 5.69 Å². The van der Waals surface area contributed by atoms with Gasteiger partial charge in [0.25, 0.3) is 15.9 Å². The van der Waals surface area contributed by atoms with Crippen LogP contribution >= 0.6 is 15.9 Å². The Hall–Kier alpha value is -3.57. The van der Waals surface area contributed by atoms with Gasteiger partial charge in [0, 0.05) is 6.07 Å². The fourth-order valence-electron chi connectivity index (χ4n) is 3.28. The lowest BCUT2D eigenvalue weighted by Gasteiger charge is -2.24. The first kappa shape index (κ1) is 27.0. The highest BCUT2D eigenvalue weighted by atomic mass is 79.9. The lowest BCUT2D eigenvalue weighted by Crippen LogP contribution is -2.39. The molecule has 0 aliphatic rings. The molecule has 0 atom stereocenters. The van der Waals surface area contributed by atoms with Gasteiger partial charge in [0.2, 0.25) is 0 Å². The Balaban J connectivity index is 1.88. The summed E-state index contributed by atoms with van der Waals surface area (Å²) in [5.41, 5.74) is 4.05. The number of methoxy groups -OCH3 is 3. The number of hydrazone groups is 1. The van der Waals surface area contributed by atoms with Crippen LogP contribution in [0.25, 0.3) is 0 Å². The van der Waals surface area contributed by atoms with E-state index in [2.05, 4.69) is 26.5 Å². The van der Waals surface area contributed by atoms with Crippen molar-refractivity contribution in [2.24, 2.45) is 5.10 Å². The third kappa shape index (κ3) is 6.16. The van der Waals surface area contributed by atoms with Crippen molar-refractivity contribution in [1.82, 2.24) is 5.43 Å². The summed E-state index contributed by atoms with van der Waals surface area (Å²) < 4.78 is 44.6. The van der Waals surface area contributed by atoms with Gasteiger partial charge in [-0.2, -0.15) is 5.10 Å². The van der Waals surface area contributed by atoms with Gasteiger partial charge in [-0.15, -0.1) is 0 Å². The van der Waals surface area contributed by atoms with Crippen molar-refractivity contribution in [3.63, 3.8) is 0 Å². The molecule has 36 heavy (non-hydrogen) atoms. The molecule has 0 heterocycles. The first-order chi connectivity index (χ1) is 17.2. The van der Waals surface area contributed by atoms with E-state index in [1.807, 2.05) is 6.07 Å². The van der Waals surface area contributed by atoms with Crippen molar-refractivity contribution in [2.45, 2.75) is 11.8 Å². The molecule has 3 rings (SSSR count). The van der Waals surface area contributed by atoms with E-state index in [1.165, 1.54) is 32.4 Å². The van der Waals surface area contributed by atoms with Crippen molar-refractivity contribution in [2.75, 3.05) is 32.2 Å². The summed E-state index contributed by atoms with van der Waals surface area (Å²) in [5, 5.41) is 4.14. The molecule has 3 aromatic rings. The number of carbonyl (C=O) groups excluding carboxylic acids is 1. The molecule has 0 bridgehead atoms. The van der Waals surface area contributed by atoms with Crippen LogP contribution in [-0.4, -0.2) is 47.9 Å². The molecule has 0 saturated heterocycles. The normalized spacial score (nSPS) is 11.5. The Morgan fingerprint density at radius 2 is 1.56 bits per heavy atom. The molecule has 0 radical (unpaired) electrons. The predicted octanol–water partition coefficient (Wildman–Crippen LogP) is 4.21. The van der Waals surface area contributed by atoms with Crippen LogP contribution in [-0.2, 0) is 14.8 Å². The molecule has 1 amide bonds. The average molecular weight is 576 g/mol. The molecule has 190 valence electrons. The fraction of sp³-hybridized carbons (Fsp3) is 0.200. The highest BCUT2D eigenvalue weighted by molar-refractivity contribution is 9.10. The molecule has 0 fully saturated rings. The highest BCUT2D eigenvalue weighted by Gasteiger charge is 2.28. The van der Waals surface area contributed by atoms with E-state index in [1.54, 1.807) is 56.5 Å². The van der Waals surface area contributed by atoms with Gasteiger partial charge in [0.1, 0.15) is 12.3 Å². The minimum Gasteiger partial charge on any atom is -0.496 e. The van der Waals surface area contributed by atoms with Gasteiger partial charge >= 0.3 is 0 Å². The quantitative estimate of drug-likeness (QED) is 0.286. The SMILES string of the molecule is COc1ccc(/C(C)=N\NC(=O)CN(c2ccccc2)S(=O)(=O)c2ccc(OC)c(OC)c2)cc1Br. The maximum absolute atomic E-state index is 13.6. The summed E-state index contributed by atoms with van der Waals surface area (Å²) in [7, 11) is 0.296. The second-order valence-corrected chi connectivity index (χ2v) is 10.2. The molecule has 0 aliphatic carbocycles. The minimum atomic E-state index is -4.14. The predicted molar refractivity (Wildman–Crippen MR) is 142 cm³/mol. The Bertz CT molecular complexity index is 1360. The van der Waals surface area contributed by atoms with E-state index in [-0.39, 0.29) is 10.6 Å². The van der Waals surface area contributed by atoms with Gasteiger partial charge in [-0.05, 0) is 70.9 Å². The standard InChI is InChI=1S/C25H26BrN3O6S/c1-17(18-10-12-22(33-2)21(26)14-18)27-28-25(30)16-29(19-8-6-5-7-9-19)36(31,32)20-11-13-23(34-3)24(15-20)35-4/h5-15H,16H2,1-4H3,(H,28,30)/b27-17-. The fourth-order valence-corrected chi connectivity index (χ4v) is 5.26. The first-order valence-corrected chi connectivity index (χ1v) is 12.9. The second kappa shape index (κ2) is 11.9. The summed E-state index contributed by atoms with van der Waals surface area (Å²) in [6.45, 7) is 1.23. The van der Waals surface area contributed by atoms with E-state index in [0.29, 0.717) is 22.9 Å². The molecular formula is C25H26BrN3O6S. The van der Waals surface area contributed by atoms with Gasteiger partial charge < -0.3 is 14.2 Å². The number of hydrogen-bond acceptors (Lipinski definition) is 7. The molecule has 0 saturated carbocycles. The van der Waals surface area contributed by atoms with Gasteiger partial charge in [-0.3, -0.25) is 9.10 Å². The lowest BCUT2D eigenvalue weighted by atomic mass is 10.1. The number of benzene rings is 3. The highest BCUT2D eigenvalue weighted by Crippen LogP contribution is 2.32. The van der Waals surface area contributed by atoms with Crippen molar-refractivity contribution in [3.8, 4) is 17.2 Å². The summed E-state index contributed by atoms with van der Waals surface area (Å²) >= 11 is 3.42. The average Bonchev–Trinajstić information content (AvgIpc) is 2.90. The summed E-state index contributed by atoms with van der Waals surface area (Å²) in [6, 6.07) is 18.0. The number of anilines is 1. The van der Waals surface area contributed by atoms with Crippen molar-refractivity contribution < 1.29 is 27.4 Å². The van der Waals surface area contributed by atoms with Crippen LogP contribution in [0, 0.1) is 0 Å². The third-order valence-electron chi connectivity index (χ3n) is 5.19. The summed E-state index contributed by atoms with van der Waals surface area (Å²) in [4.78, 5) is 12.8. The number of nitrogens with one attached hydrogen (secondary N) is 1. The number of halogens is 1. The smallest absolute Gasteiger partial charge is 0.264 e. The largest absolute Gasteiger partial charge is 0.496 e. The Labute approximate surface area is 218 Å². The monoisotopic (exact) mass is 575 g/mol. The van der Waals surface area contributed by atoms with Crippen molar-refractivity contribution in [3.05, 3.63) is 76.8 Å². The molecule has 0 aromatic heterocycles. The number of nitrogens with zero attached hydrogens (tertiary/aromatic N) is 2. The minimum absolute atomic E-state index is 0.0560. The number of amides is 1. The van der Waals surface area contributed by atoms with E-state index < -0.39 is 22.5 Å². The zero-order chi connectivity index (χ0) is 26.3. The van der Waals surface area contributed by atoms with E-state index >= 15 is 0 Å². The number of hydrogen-bond donors (Lipinski definition) is 1. The van der Waals surface area contributed by atoms with Gasteiger partial charge in [-0.1, -0.05) is 18.2 Å². The van der Waals surface area contributed by atoms with Crippen molar-refractivity contribution >= 4 is 43.3 Å². The summed E-state index contributed by atoms with van der Waals surface area (Å²) in [6.07, 6.45) is 0. The third-order valence-corrected chi connectivity index (χ3v) is 7.58.